The van der Waals surface area contributed by atoms with Gasteiger partial charge in [0.2, 0.25) is 0 Å². The first kappa shape index (κ1) is 22.4. The molecule has 8 nitrogen and oxygen atoms in total. The third kappa shape index (κ3) is 4.56. The summed E-state index contributed by atoms with van der Waals surface area (Å²) in [4.78, 5) is 13.2. The molecule has 0 aliphatic carbocycles. The Bertz CT molecular complexity index is 1320. The number of methoxy groups -OCH3 is 1. The molecule has 0 aliphatic heterocycles. The van der Waals surface area contributed by atoms with Gasteiger partial charge in [0.05, 0.1) is 42.6 Å². The standard InChI is InChI=1S/C21H22FN3O5S/c1-4-30-20-11-14(5-8-19(20)29-2)18(13-31(3,27)28)25-16-7-6-15(22)12-17(16)24(10-9-23)21(25)26/h5-8,11-12,18H,4,10,13H2,1-3H3/t18-/m1/s1. The lowest BCUT2D eigenvalue weighted by Gasteiger charge is -2.20. The predicted molar refractivity (Wildman–Crippen MR) is 114 cm³/mol. The molecule has 1 aromatic heterocycles. The summed E-state index contributed by atoms with van der Waals surface area (Å²) in [5.74, 6) is -0.0848. The summed E-state index contributed by atoms with van der Waals surface area (Å²) < 4.78 is 51.7. The highest BCUT2D eigenvalue weighted by Gasteiger charge is 2.26. The van der Waals surface area contributed by atoms with Crippen LogP contribution in [0.4, 0.5) is 4.39 Å². The Morgan fingerprint density at radius 2 is 1.90 bits per heavy atom. The Morgan fingerprint density at radius 1 is 1.16 bits per heavy atom. The molecule has 0 spiro atoms. The van der Waals surface area contributed by atoms with Crippen LogP contribution in [0.1, 0.15) is 18.5 Å². The maximum atomic E-state index is 13.9. The Labute approximate surface area is 179 Å². The van der Waals surface area contributed by atoms with E-state index in [2.05, 4.69) is 0 Å². The molecule has 0 bridgehead atoms. The minimum atomic E-state index is -3.54. The van der Waals surface area contributed by atoms with Gasteiger partial charge in [-0.05, 0) is 42.8 Å². The second kappa shape index (κ2) is 8.81. The van der Waals surface area contributed by atoms with Crippen molar-refractivity contribution in [1.82, 2.24) is 9.13 Å². The quantitative estimate of drug-likeness (QED) is 0.526. The van der Waals surface area contributed by atoms with Crippen molar-refractivity contribution in [3.8, 4) is 17.6 Å². The molecule has 0 amide bonds. The lowest BCUT2D eigenvalue weighted by Crippen LogP contribution is -2.31. The first-order chi connectivity index (χ1) is 14.7. The molecule has 0 fully saturated rings. The Hall–Kier alpha value is -3.32. The van der Waals surface area contributed by atoms with Crippen LogP contribution >= 0.6 is 0 Å². The van der Waals surface area contributed by atoms with Crippen molar-refractivity contribution in [2.75, 3.05) is 25.7 Å². The molecular formula is C21H22FN3O5S. The number of aromatic nitrogens is 2. The number of hydrogen-bond donors (Lipinski definition) is 0. The van der Waals surface area contributed by atoms with Gasteiger partial charge in [-0.3, -0.25) is 9.13 Å². The van der Waals surface area contributed by atoms with Crippen molar-refractivity contribution in [2.24, 2.45) is 0 Å². The van der Waals surface area contributed by atoms with Gasteiger partial charge >= 0.3 is 5.69 Å². The zero-order valence-electron chi connectivity index (χ0n) is 17.3. The summed E-state index contributed by atoms with van der Waals surface area (Å²) in [5, 5.41) is 9.14. The number of fused-ring (bicyclic) bond motifs is 1. The van der Waals surface area contributed by atoms with Gasteiger partial charge in [0.1, 0.15) is 22.2 Å². The van der Waals surface area contributed by atoms with E-state index in [9.17, 15) is 17.6 Å². The molecule has 3 rings (SSSR count). The van der Waals surface area contributed by atoms with E-state index in [0.29, 0.717) is 29.2 Å². The molecular weight excluding hydrogens is 425 g/mol. The first-order valence-corrected chi connectivity index (χ1v) is 11.5. The minimum Gasteiger partial charge on any atom is -0.493 e. The van der Waals surface area contributed by atoms with Gasteiger partial charge in [-0.1, -0.05) is 6.07 Å². The lowest BCUT2D eigenvalue weighted by molar-refractivity contribution is 0.310. The summed E-state index contributed by atoms with van der Waals surface area (Å²) >= 11 is 0. The highest BCUT2D eigenvalue weighted by atomic mass is 32.2. The van der Waals surface area contributed by atoms with Crippen LogP contribution in [-0.2, 0) is 16.4 Å². The topological polar surface area (TPSA) is 103 Å². The summed E-state index contributed by atoms with van der Waals surface area (Å²) in [6.07, 6.45) is 1.08. The van der Waals surface area contributed by atoms with Gasteiger partial charge in [-0.25, -0.2) is 17.6 Å². The van der Waals surface area contributed by atoms with Crippen LogP contribution < -0.4 is 15.2 Å². The Balaban J connectivity index is 2.32. The number of nitrogens with zero attached hydrogens (tertiary/aromatic N) is 3. The van der Waals surface area contributed by atoms with Gasteiger partial charge < -0.3 is 9.47 Å². The van der Waals surface area contributed by atoms with E-state index in [4.69, 9.17) is 14.7 Å². The van der Waals surface area contributed by atoms with Gasteiger partial charge in [-0.15, -0.1) is 0 Å². The third-order valence-corrected chi connectivity index (χ3v) is 5.72. The molecule has 0 radical (unpaired) electrons. The van der Waals surface area contributed by atoms with E-state index in [-0.39, 0.29) is 17.8 Å². The van der Waals surface area contributed by atoms with Crippen LogP contribution in [0, 0.1) is 17.1 Å². The molecule has 2 aromatic carbocycles. The monoisotopic (exact) mass is 447 g/mol. The second-order valence-electron chi connectivity index (χ2n) is 6.98. The molecule has 3 aromatic rings. The van der Waals surface area contributed by atoms with Crippen molar-refractivity contribution in [3.63, 3.8) is 0 Å². The van der Waals surface area contributed by atoms with Crippen molar-refractivity contribution >= 4 is 20.9 Å². The van der Waals surface area contributed by atoms with Crippen molar-refractivity contribution in [2.45, 2.75) is 19.5 Å². The fourth-order valence-corrected chi connectivity index (χ4v) is 4.47. The molecule has 31 heavy (non-hydrogen) atoms. The van der Waals surface area contributed by atoms with E-state index in [0.717, 1.165) is 16.9 Å². The normalized spacial score (nSPS) is 12.5. The Morgan fingerprint density at radius 3 is 2.52 bits per heavy atom. The van der Waals surface area contributed by atoms with Gasteiger partial charge in [0, 0.05) is 6.26 Å². The number of sulfone groups is 1. The highest BCUT2D eigenvalue weighted by molar-refractivity contribution is 7.90. The van der Waals surface area contributed by atoms with Crippen LogP contribution in [0.2, 0.25) is 0 Å². The minimum absolute atomic E-state index is 0.212. The molecule has 10 heteroatoms. The van der Waals surface area contributed by atoms with Crippen LogP contribution in [0.5, 0.6) is 11.5 Å². The van der Waals surface area contributed by atoms with Crippen LogP contribution in [0.3, 0.4) is 0 Å². The smallest absolute Gasteiger partial charge is 0.330 e. The van der Waals surface area contributed by atoms with Crippen LogP contribution in [0.25, 0.3) is 11.0 Å². The largest absolute Gasteiger partial charge is 0.493 e. The molecule has 0 saturated carbocycles. The molecule has 0 unspecified atom stereocenters. The maximum absolute atomic E-state index is 13.9. The summed E-state index contributed by atoms with van der Waals surface area (Å²) in [7, 11) is -2.05. The zero-order chi connectivity index (χ0) is 22.8. The third-order valence-electron chi connectivity index (χ3n) is 4.80. The van der Waals surface area contributed by atoms with E-state index >= 15 is 0 Å². The average Bonchev–Trinajstić information content (AvgIpc) is 2.97. The number of benzene rings is 2. The van der Waals surface area contributed by atoms with E-state index in [1.807, 2.05) is 6.07 Å². The zero-order valence-corrected chi connectivity index (χ0v) is 18.1. The summed E-state index contributed by atoms with van der Waals surface area (Å²) in [5.41, 5.74) is 0.425. The predicted octanol–water partition coefficient (Wildman–Crippen LogP) is 2.51. The number of hydrogen-bond acceptors (Lipinski definition) is 6. The van der Waals surface area contributed by atoms with Crippen LogP contribution in [-0.4, -0.2) is 43.3 Å². The maximum Gasteiger partial charge on any atom is 0.330 e. The number of nitriles is 1. The van der Waals surface area contributed by atoms with Crippen molar-refractivity contribution < 1.29 is 22.3 Å². The molecule has 0 aliphatic rings. The van der Waals surface area contributed by atoms with Gasteiger partial charge in [0.15, 0.2) is 11.5 Å². The Kier molecular flexibility index (Phi) is 6.36. The molecule has 0 saturated heterocycles. The number of ether oxygens (including phenoxy) is 2. The molecule has 1 heterocycles. The molecule has 0 N–H and O–H groups in total. The lowest BCUT2D eigenvalue weighted by atomic mass is 10.1. The van der Waals surface area contributed by atoms with Crippen LogP contribution in [0.15, 0.2) is 41.2 Å². The molecule has 164 valence electrons. The fourth-order valence-electron chi connectivity index (χ4n) is 3.55. The van der Waals surface area contributed by atoms with E-state index in [1.165, 1.54) is 23.8 Å². The van der Waals surface area contributed by atoms with E-state index in [1.54, 1.807) is 25.1 Å². The van der Waals surface area contributed by atoms with Crippen molar-refractivity contribution in [1.29, 1.82) is 5.26 Å². The molecule has 1 atom stereocenters. The average molecular weight is 447 g/mol. The number of imidazole rings is 1. The summed E-state index contributed by atoms with van der Waals surface area (Å²) in [6, 6.07) is 9.62. The number of halogens is 1. The van der Waals surface area contributed by atoms with Crippen molar-refractivity contribution in [3.05, 3.63) is 58.3 Å². The first-order valence-electron chi connectivity index (χ1n) is 9.45. The SMILES string of the molecule is CCOc1cc([C@@H](CS(C)(=O)=O)n2c(=O)n(CC#N)c3cc(F)ccc32)ccc1OC. The van der Waals surface area contributed by atoms with E-state index < -0.39 is 27.4 Å². The van der Waals surface area contributed by atoms with Gasteiger partial charge in [0.25, 0.3) is 0 Å². The summed E-state index contributed by atoms with van der Waals surface area (Å²) in [6.45, 7) is 1.86. The number of rotatable bonds is 8. The highest BCUT2D eigenvalue weighted by Crippen LogP contribution is 2.33. The fraction of sp³-hybridized carbons (Fsp3) is 0.333. The second-order valence-corrected chi connectivity index (χ2v) is 9.17. The van der Waals surface area contributed by atoms with Gasteiger partial charge in [-0.2, -0.15) is 5.26 Å².